The molecule has 0 fully saturated rings. The summed E-state index contributed by atoms with van der Waals surface area (Å²) in [7, 11) is 1.46. The highest BCUT2D eigenvalue weighted by Gasteiger charge is 2.34. The van der Waals surface area contributed by atoms with Gasteiger partial charge in [-0.1, -0.05) is 18.2 Å². The summed E-state index contributed by atoms with van der Waals surface area (Å²) in [6, 6.07) is 12.1. The van der Waals surface area contributed by atoms with Gasteiger partial charge in [-0.15, -0.1) is 0 Å². The van der Waals surface area contributed by atoms with E-state index < -0.39 is 17.6 Å². The minimum absolute atomic E-state index is 0.109. The number of benzene rings is 2. The number of aromatic nitrogens is 2. The van der Waals surface area contributed by atoms with Crippen LogP contribution in [0.1, 0.15) is 11.1 Å². The monoisotopic (exact) mass is 375 g/mol. The third-order valence-corrected chi connectivity index (χ3v) is 3.90. The fourth-order valence-electron chi connectivity index (χ4n) is 2.66. The summed E-state index contributed by atoms with van der Waals surface area (Å²) in [5.41, 5.74) is -0.420. The number of hydrogen-bond acceptors (Lipinski definition) is 3. The van der Waals surface area contributed by atoms with Gasteiger partial charge in [0, 0.05) is 18.0 Å². The molecule has 0 bridgehead atoms. The molecule has 1 aromatic heterocycles. The highest BCUT2D eigenvalue weighted by atomic mass is 19.4. The molecule has 0 aliphatic rings. The van der Waals surface area contributed by atoms with Crippen molar-refractivity contribution in [3.05, 3.63) is 72.1 Å². The molecule has 3 aromatic rings. The molecule has 0 aliphatic heterocycles. The van der Waals surface area contributed by atoms with Gasteiger partial charge < -0.3 is 10.1 Å². The number of nitrogens with zero attached hydrogens (tertiary/aromatic N) is 2. The van der Waals surface area contributed by atoms with Crippen molar-refractivity contribution in [3.63, 3.8) is 0 Å². The topological polar surface area (TPSA) is 56.1 Å². The highest BCUT2D eigenvalue weighted by Crippen LogP contribution is 2.36. The molecule has 8 heteroatoms. The number of para-hydroxylation sites is 1. The smallest absolute Gasteiger partial charge is 0.418 e. The molecule has 0 spiro atoms. The van der Waals surface area contributed by atoms with E-state index in [1.165, 1.54) is 36.3 Å². The molecule has 1 heterocycles. The van der Waals surface area contributed by atoms with E-state index in [-0.39, 0.29) is 17.8 Å². The van der Waals surface area contributed by atoms with Crippen LogP contribution in [0.4, 0.5) is 18.9 Å². The van der Waals surface area contributed by atoms with E-state index in [0.29, 0.717) is 11.3 Å². The maximum atomic E-state index is 13.5. The third kappa shape index (κ3) is 4.28. The van der Waals surface area contributed by atoms with E-state index in [2.05, 4.69) is 10.4 Å². The van der Waals surface area contributed by atoms with Crippen molar-refractivity contribution in [2.24, 2.45) is 0 Å². The summed E-state index contributed by atoms with van der Waals surface area (Å²) in [6.45, 7) is 0. The van der Waals surface area contributed by atoms with Crippen LogP contribution in [0.3, 0.4) is 0 Å². The van der Waals surface area contributed by atoms with Gasteiger partial charge in [0.2, 0.25) is 5.91 Å². The van der Waals surface area contributed by atoms with E-state index in [1.807, 2.05) is 0 Å². The van der Waals surface area contributed by atoms with Gasteiger partial charge in [-0.25, -0.2) is 4.68 Å². The van der Waals surface area contributed by atoms with Gasteiger partial charge >= 0.3 is 6.18 Å². The minimum Gasteiger partial charge on any atom is -0.496 e. The second kappa shape index (κ2) is 7.53. The maximum absolute atomic E-state index is 13.5. The molecule has 0 aliphatic carbocycles. The van der Waals surface area contributed by atoms with Crippen LogP contribution in [0, 0.1) is 0 Å². The van der Waals surface area contributed by atoms with Crippen LogP contribution in [-0.4, -0.2) is 22.8 Å². The van der Waals surface area contributed by atoms with Gasteiger partial charge in [-0.2, -0.15) is 18.3 Å². The number of carbonyl (C=O) groups is 1. The van der Waals surface area contributed by atoms with Gasteiger partial charge in [0.25, 0.3) is 0 Å². The summed E-state index contributed by atoms with van der Waals surface area (Å²) in [4.78, 5) is 12.3. The first-order valence-corrected chi connectivity index (χ1v) is 8.01. The van der Waals surface area contributed by atoms with Gasteiger partial charge in [0.05, 0.1) is 30.5 Å². The second-order valence-electron chi connectivity index (χ2n) is 5.72. The number of alkyl halides is 3. The number of hydrogen-bond donors (Lipinski definition) is 1. The Morgan fingerprint density at radius 1 is 1.19 bits per heavy atom. The molecular weight excluding hydrogens is 359 g/mol. The molecule has 2 aromatic carbocycles. The molecule has 0 unspecified atom stereocenters. The standard InChI is InChI=1S/C19H16F3N3O2/c1-27-17-6-3-2-5-13(17)11-18(26)24-16-8-7-14(25-10-4-9-23-25)12-15(16)19(20,21)22/h2-10,12H,11H2,1H3,(H,24,26). The Balaban J connectivity index is 1.86. The number of amides is 1. The Labute approximate surface area is 153 Å². The molecule has 0 atom stereocenters. The fraction of sp³-hybridized carbons (Fsp3) is 0.158. The Morgan fingerprint density at radius 2 is 1.96 bits per heavy atom. The zero-order valence-electron chi connectivity index (χ0n) is 14.3. The normalized spacial score (nSPS) is 11.3. The molecule has 0 saturated heterocycles. The van der Waals surface area contributed by atoms with Crippen molar-refractivity contribution < 1.29 is 22.7 Å². The van der Waals surface area contributed by atoms with Crippen molar-refractivity contribution in [2.75, 3.05) is 12.4 Å². The van der Waals surface area contributed by atoms with E-state index in [0.717, 1.165) is 6.07 Å². The van der Waals surface area contributed by atoms with Crippen molar-refractivity contribution in [1.29, 1.82) is 0 Å². The molecule has 3 rings (SSSR count). The van der Waals surface area contributed by atoms with Crippen LogP contribution in [-0.2, 0) is 17.4 Å². The van der Waals surface area contributed by atoms with Crippen LogP contribution >= 0.6 is 0 Å². The Hall–Kier alpha value is -3.29. The number of ether oxygens (including phenoxy) is 1. The van der Waals surface area contributed by atoms with Gasteiger partial charge in [-0.05, 0) is 30.3 Å². The lowest BCUT2D eigenvalue weighted by Crippen LogP contribution is -2.19. The Morgan fingerprint density at radius 3 is 2.63 bits per heavy atom. The van der Waals surface area contributed by atoms with Crippen molar-refractivity contribution in [2.45, 2.75) is 12.6 Å². The largest absolute Gasteiger partial charge is 0.496 e. The summed E-state index contributed by atoms with van der Waals surface area (Å²) in [5, 5.41) is 6.27. The number of carbonyl (C=O) groups excluding carboxylic acids is 1. The highest BCUT2D eigenvalue weighted by molar-refractivity contribution is 5.93. The first-order valence-electron chi connectivity index (χ1n) is 8.01. The van der Waals surface area contributed by atoms with Gasteiger partial charge in [0.1, 0.15) is 5.75 Å². The maximum Gasteiger partial charge on any atom is 0.418 e. The summed E-state index contributed by atoms with van der Waals surface area (Å²) in [5.74, 6) is -0.0745. The van der Waals surface area contributed by atoms with Crippen LogP contribution in [0.25, 0.3) is 5.69 Å². The lowest BCUT2D eigenvalue weighted by molar-refractivity contribution is -0.137. The number of methoxy groups -OCH3 is 1. The van der Waals surface area contributed by atoms with Gasteiger partial charge in [-0.3, -0.25) is 4.79 Å². The van der Waals surface area contributed by atoms with Gasteiger partial charge in [0.15, 0.2) is 0 Å². The van der Waals surface area contributed by atoms with Crippen molar-refractivity contribution in [1.82, 2.24) is 9.78 Å². The summed E-state index contributed by atoms with van der Waals surface area (Å²) >= 11 is 0. The predicted molar refractivity (Wildman–Crippen MR) is 93.9 cm³/mol. The molecular formula is C19H16F3N3O2. The van der Waals surface area contributed by atoms with E-state index in [9.17, 15) is 18.0 Å². The molecule has 140 valence electrons. The molecule has 27 heavy (non-hydrogen) atoms. The Kier molecular flexibility index (Phi) is 5.16. The predicted octanol–water partition coefficient (Wildman–Crippen LogP) is 4.08. The molecule has 5 nitrogen and oxygen atoms in total. The van der Waals surface area contributed by atoms with Crippen molar-refractivity contribution >= 4 is 11.6 Å². The quantitative estimate of drug-likeness (QED) is 0.731. The van der Waals surface area contributed by atoms with E-state index >= 15 is 0 Å². The third-order valence-electron chi connectivity index (χ3n) is 3.90. The second-order valence-corrected chi connectivity index (χ2v) is 5.72. The summed E-state index contributed by atoms with van der Waals surface area (Å²) < 4.78 is 46.9. The van der Waals surface area contributed by atoms with Crippen LogP contribution < -0.4 is 10.1 Å². The molecule has 0 saturated carbocycles. The number of anilines is 1. The Bertz CT molecular complexity index is 938. The van der Waals surface area contributed by atoms with E-state index in [1.54, 1.807) is 30.3 Å². The lowest BCUT2D eigenvalue weighted by Gasteiger charge is -2.16. The van der Waals surface area contributed by atoms with Crippen molar-refractivity contribution in [3.8, 4) is 11.4 Å². The first-order chi connectivity index (χ1) is 12.9. The average Bonchev–Trinajstić information content (AvgIpc) is 3.16. The minimum atomic E-state index is -4.63. The van der Waals surface area contributed by atoms with E-state index in [4.69, 9.17) is 4.74 Å². The average molecular weight is 375 g/mol. The van der Waals surface area contributed by atoms with Crippen LogP contribution in [0.2, 0.25) is 0 Å². The number of nitrogens with one attached hydrogen (secondary N) is 1. The van der Waals surface area contributed by atoms with Crippen LogP contribution in [0.15, 0.2) is 60.9 Å². The zero-order valence-corrected chi connectivity index (χ0v) is 14.3. The summed E-state index contributed by atoms with van der Waals surface area (Å²) in [6.07, 6.45) is -1.73. The molecule has 1 amide bonds. The first kappa shape index (κ1) is 18.5. The zero-order chi connectivity index (χ0) is 19.4. The molecule has 0 radical (unpaired) electrons. The number of rotatable bonds is 5. The lowest BCUT2D eigenvalue weighted by atomic mass is 10.1. The number of halogens is 3. The molecule has 1 N–H and O–H groups in total. The SMILES string of the molecule is COc1ccccc1CC(=O)Nc1ccc(-n2cccn2)cc1C(F)(F)F. The van der Waals surface area contributed by atoms with Crippen LogP contribution in [0.5, 0.6) is 5.75 Å². The fourth-order valence-corrected chi connectivity index (χ4v) is 2.66.